The first-order valence-corrected chi connectivity index (χ1v) is 8.93. The average molecular weight is 313 g/mol. The number of ether oxygens (including phenoxy) is 1. The second kappa shape index (κ2) is 9.18. The van der Waals surface area contributed by atoms with Crippen molar-refractivity contribution in [3.8, 4) is 5.75 Å². The standard InChI is InChI=1S/C16H27NO3S/c1-12-5-6-16(13(2)9-12)20-11-15(18)10-17-8-7-14(3)21(4)19/h5-6,9,14-15,17-18H,7-8,10-11H2,1-4H3. The van der Waals surface area contributed by atoms with Crippen LogP contribution < -0.4 is 10.1 Å². The Morgan fingerprint density at radius 1 is 1.38 bits per heavy atom. The van der Waals surface area contributed by atoms with E-state index in [1.54, 1.807) is 6.26 Å². The number of aliphatic hydroxyl groups excluding tert-OH is 1. The van der Waals surface area contributed by atoms with Gasteiger partial charge in [0.1, 0.15) is 18.5 Å². The van der Waals surface area contributed by atoms with Crippen LogP contribution in [0.25, 0.3) is 0 Å². The van der Waals surface area contributed by atoms with Gasteiger partial charge in [-0.3, -0.25) is 4.21 Å². The van der Waals surface area contributed by atoms with Gasteiger partial charge in [0.2, 0.25) is 0 Å². The van der Waals surface area contributed by atoms with Crippen LogP contribution in [0.1, 0.15) is 24.5 Å². The lowest BCUT2D eigenvalue weighted by Crippen LogP contribution is -2.33. The third-order valence-corrected chi connectivity index (χ3v) is 4.80. The summed E-state index contributed by atoms with van der Waals surface area (Å²) < 4.78 is 16.8. The minimum absolute atomic E-state index is 0.182. The second-order valence-corrected chi connectivity index (χ2v) is 7.34. The Kier molecular flexibility index (Phi) is 7.93. The first-order valence-electron chi connectivity index (χ1n) is 7.31. The molecule has 3 unspecified atom stereocenters. The third kappa shape index (κ3) is 7.07. The molecule has 5 heteroatoms. The van der Waals surface area contributed by atoms with Gasteiger partial charge in [0.05, 0.1) is 0 Å². The number of aryl methyl sites for hydroxylation is 2. The Bertz CT molecular complexity index is 465. The van der Waals surface area contributed by atoms with Crippen LogP contribution >= 0.6 is 0 Å². The van der Waals surface area contributed by atoms with Gasteiger partial charge in [0.25, 0.3) is 0 Å². The molecule has 1 aromatic carbocycles. The molecule has 0 aromatic heterocycles. The fourth-order valence-corrected chi connectivity index (χ4v) is 2.40. The van der Waals surface area contributed by atoms with Gasteiger partial charge in [0, 0.05) is 28.9 Å². The van der Waals surface area contributed by atoms with E-state index in [1.165, 1.54) is 5.56 Å². The summed E-state index contributed by atoms with van der Waals surface area (Å²) in [5, 5.41) is 13.2. The van der Waals surface area contributed by atoms with Crippen molar-refractivity contribution in [1.29, 1.82) is 0 Å². The molecular weight excluding hydrogens is 286 g/mol. The highest BCUT2D eigenvalue weighted by Gasteiger charge is 2.08. The first-order chi connectivity index (χ1) is 9.90. The van der Waals surface area contributed by atoms with Gasteiger partial charge in [0.15, 0.2) is 0 Å². The molecule has 0 fully saturated rings. The highest BCUT2D eigenvalue weighted by atomic mass is 32.2. The Hall–Kier alpha value is -0.910. The monoisotopic (exact) mass is 313 g/mol. The van der Waals surface area contributed by atoms with Crippen molar-refractivity contribution < 1.29 is 14.1 Å². The Labute approximate surface area is 130 Å². The summed E-state index contributed by atoms with van der Waals surface area (Å²) in [6.45, 7) is 7.51. The molecule has 0 saturated heterocycles. The lowest BCUT2D eigenvalue weighted by Gasteiger charge is -2.15. The van der Waals surface area contributed by atoms with E-state index in [2.05, 4.69) is 11.4 Å². The van der Waals surface area contributed by atoms with Crippen LogP contribution in [0.15, 0.2) is 18.2 Å². The van der Waals surface area contributed by atoms with E-state index < -0.39 is 16.9 Å². The van der Waals surface area contributed by atoms with Crippen LogP contribution in [0, 0.1) is 13.8 Å². The van der Waals surface area contributed by atoms with Gasteiger partial charge in [-0.05, 0) is 38.4 Å². The van der Waals surface area contributed by atoms with E-state index in [0.717, 1.165) is 24.3 Å². The maximum atomic E-state index is 11.2. The largest absolute Gasteiger partial charge is 0.491 e. The fraction of sp³-hybridized carbons (Fsp3) is 0.625. The summed E-state index contributed by atoms with van der Waals surface area (Å²) in [5.74, 6) is 0.814. The zero-order valence-electron chi connectivity index (χ0n) is 13.4. The zero-order chi connectivity index (χ0) is 15.8. The summed E-state index contributed by atoms with van der Waals surface area (Å²) in [6, 6.07) is 5.99. The molecule has 0 amide bonds. The molecular formula is C16H27NO3S. The van der Waals surface area contributed by atoms with Crippen LogP contribution in [-0.2, 0) is 10.8 Å². The van der Waals surface area contributed by atoms with E-state index in [4.69, 9.17) is 4.74 Å². The Balaban J connectivity index is 2.22. The van der Waals surface area contributed by atoms with Crippen molar-refractivity contribution >= 4 is 10.8 Å². The lowest BCUT2D eigenvalue weighted by atomic mass is 10.1. The SMILES string of the molecule is Cc1ccc(OCC(O)CNCCC(C)S(C)=O)c(C)c1. The predicted octanol–water partition coefficient (Wildman–Crippen LogP) is 1.79. The van der Waals surface area contributed by atoms with Crippen molar-refractivity contribution in [2.45, 2.75) is 38.5 Å². The van der Waals surface area contributed by atoms with Gasteiger partial charge >= 0.3 is 0 Å². The first kappa shape index (κ1) is 18.1. The van der Waals surface area contributed by atoms with Gasteiger partial charge < -0.3 is 15.2 Å². The molecule has 0 radical (unpaired) electrons. The molecule has 120 valence electrons. The molecule has 2 N–H and O–H groups in total. The van der Waals surface area contributed by atoms with Crippen LogP contribution in [0.3, 0.4) is 0 Å². The minimum atomic E-state index is -0.785. The smallest absolute Gasteiger partial charge is 0.122 e. The Morgan fingerprint density at radius 3 is 2.71 bits per heavy atom. The predicted molar refractivity (Wildman–Crippen MR) is 88.4 cm³/mol. The topological polar surface area (TPSA) is 58.6 Å². The molecule has 0 heterocycles. The highest BCUT2D eigenvalue weighted by molar-refractivity contribution is 7.84. The summed E-state index contributed by atoms with van der Waals surface area (Å²) >= 11 is 0. The Morgan fingerprint density at radius 2 is 2.10 bits per heavy atom. The van der Waals surface area contributed by atoms with Crippen molar-refractivity contribution in [3.05, 3.63) is 29.3 Å². The second-order valence-electron chi connectivity index (χ2n) is 5.54. The molecule has 4 nitrogen and oxygen atoms in total. The number of aliphatic hydroxyl groups is 1. The molecule has 0 aliphatic heterocycles. The van der Waals surface area contributed by atoms with E-state index in [9.17, 15) is 9.32 Å². The van der Waals surface area contributed by atoms with Crippen molar-refractivity contribution in [2.75, 3.05) is 26.0 Å². The summed E-state index contributed by atoms with van der Waals surface area (Å²) in [7, 11) is -0.785. The molecule has 21 heavy (non-hydrogen) atoms. The summed E-state index contributed by atoms with van der Waals surface area (Å²) in [4.78, 5) is 0. The molecule has 0 aliphatic rings. The maximum Gasteiger partial charge on any atom is 0.122 e. The van der Waals surface area contributed by atoms with Crippen molar-refractivity contribution in [2.24, 2.45) is 0 Å². The molecule has 3 atom stereocenters. The van der Waals surface area contributed by atoms with Gasteiger partial charge in [-0.2, -0.15) is 0 Å². The summed E-state index contributed by atoms with van der Waals surface area (Å²) in [5.41, 5.74) is 2.28. The molecule has 1 rings (SSSR count). The molecule has 0 spiro atoms. The number of rotatable bonds is 9. The molecule has 0 saturated carbocycles. The van der Waals surface area contributed by atoms with E-state index in [-0.39, 0.29) is 11.9 Å². The average Bonchev–Trinajstić information content (AvgIpc) is 2.42. The van der Waals surface area contributed by atoms with Crippen LogP contribution in [0.4, 0.5) is 0 Å². The van der Waals surface area contributed by atoms with Gasteiger partial charge in [-0.15, -0.1) is 0 Å². The molecule has 0 aliphatic carbocycles. The van der Waals surface area contributed by atoms with Crippen LogP contribution in [0.2, 0.25) is 0 Å². The number of hydrogen-bond acceptors (Lipinski definition) is 4. The van der Waals surface area contributed by atoms with Crippen molar-refractivity contribution in [1.82, 2.24) is 5.32 Å². The number of nitrogens with one attached hydrogen (secondary N) is 1. The third-order valence-electron chi connectivity index (χ3n) is 3.44. The molecule has 1 aromatic rings. The van der Waals surface area contributed by atoms with E-state index >= 15 is 0 Å². The lowest BCUT2D eigenvalue weighted by molar-refractivity contribution is 0.106. The number of benzene rings is 1. The van der Waals surface area contributed by atoms with Gasteiger partial charge in [-0.1, -0.05) is 24.6 Å². The summed E-state index contributed by atoms with van der Waals surface area (Å²) in [6.07, 6.45) is 2.01. The normalized spacial score (nSPS) is 15.5. The fourth-order valence-electron chi connectivity index (χ4n) is 1.95. The van der Waals surface area contributed by atoms with Gasteiger partial charge in [-0.25, -0.2) is 0 Å². The van der Waals surface area contributed by atoms with E-state index in [0.29, 0.717) is 6.54 Å². The quantitative estimate of drug-likeness (QED) is 0.683. The van der Waals surface area contributed by atoms with Crippen LogP contribution in [-0.4, -0.2) is 46.6 Å². The zero-order valence-corrected chi connectivity index (χ0v) is 14.2. The highest BCUT2D eigenvalue weighted by Crippen LogP contribution is 2.18. The van der Waals surface area contributed by atoms with E-state index in [1.807, 2.05) is 32.9 Å². The minimum Gasteiger partial charge on any atom is -0.491 e. The molecule has 0 bridgehead atoms. The maximum absolute atomic E-state index is 11.2. The van der Waals surface area contributed by atoms with Crippen LogP contribution in [0.5, 0.6) is 5.75 Å². The number of hydrogen-bond donors (Lipinski definition) is 2. The van der Waals surface area contributed by atoms with Crippen molar-refractivity contribution in [3.63, 3.8) is 0 Å².